The number of urea groups is 1. The summed E-state index contributed by atoms with van der Waals surface area (Å²) in [5.74, 6) is 0.684. The Morgan fingerprint density at radius 3 is 2.50 bits per heavy atom. The highest BCUT2D eigenvalue weighted by molar-refractivity contribution is 5.74. The molecule has 2 amide bonds. The van der Waals surface area contributed by atoms with Crippen molar-refractivity contribution < 1.29 is 4.79 Å². The zero-order valence-electron chi connectivity index (χ0n) is 9.10. The zero-order valence-corrected chi connectivity index (χ0v) is 9.10. The predicted molar refractivity (Wildman–Crippen MR) is 56.1 cm³/mol. The van der Waals surface area contributed by atoms with Crippen molar-refractivity contribution in [1.29, 1.82) is 0 Å². The highest BCUT2D eigenvalue weighted by Gasteiger charge is 2.45. The summed E-state index contributed by atoms with van der Waals surface area (Å²) >= 11 is 0. The summed E-state index contributed by atoms with van der Waals surface area (Å²) in [7, 11) is 0. The van der Waals surface area contributed by atoms with Crippen molar-refractivity contribution in [3.63, 3.8) is 0 Å². The molecule has 3 nitrogen and oxygen atoms in total. The quantitative estimate of drug-likeness (QED) is 0.708. The van der Waals surface area contributed by atoms with Gasteiger partial charge in [-0.05, 0) is 37.0 Å². The number of carbonyl (C=O) groups is 1. The number of nitrogens with one attached hydrogen (secondary N) is 2. The molecule has 0 heterocycles. The fraction of sp³-hybridized carbons (Fsp3) is 0.909. The summed E-state index contributed by atoms with van der Waals surface area (Å²) in [5, 5.41) is 5.93. The molecule has 0 spiro atoms. The largest absolute Gasteiger partial charge is 0.338 e. The second kappa shape index (κ2) is 3.44. The Morgan fingerprint density at radius 1 is 1.43 bits per heavy atom. The molecule has 0 aliphatic heterocycles. The van der Waals surface area contributed by atoms with E-state index < -0.39 is 0 Å². The first-order valence-corrected chi connectivity index (χ1v) is 5.67. The first kappa shape index (κ1) is 9.81. The summed E-state index contributed by atoms with van der Waals surface area (Å²) in [6.07, 6.45) is 4.86. The average Bonchev–Trinajstić information content (AvgIpc) is 2.97. The topological polar surface area (TPSA) is 41.1 Å². The van der Waals surface area contributed by atoms with Crippen LogP contribution in [-0.2, 0) is 0 Å². The normalized spacial score (nSPS) is 23.4. The number of amides is 2. The lowest BCUT2D eigenvalue weighted by atomic mass is 9.92. The van der Waals surface area contributed by atoms with Gasteiger partial charge in [0.1, 0.15) is 0 Å². The molecule has 2 fully saturated rings. The number of hydrogen-bond donors (Lipinski definition) is 2. The van der Waals surface area contributed by atoms with E-state index in [9.17, 15) is 4.79 Å². The third-order valence-corrected chi connectivity index (χ3v) is 3.63. The molecule has 14 heavy (non-hydrogen) atoms. The molecule has 2 aliphatic carbocycles. The summed E-state index contributed by atoms with van der Waals surface area (Å²) in [5.41, 5.74) is 0.418. The SMILES string of the molecule is CC(C)C1(CNC(=O)NC2CC2)CC1. The minimum atomic E-state index is 0.0272. The second-order valence-electron chi connectivity index (χ2n) is 5.12. The van der Waals surface area contributed by atoms with E-state index in [-0.39, 0.29) is 6.03 Å². The van der Waals surface area contributed by atoms with E-state index in [0.717, 1.165) is 19.4 Å². The lowest BCUT2D eigenvalue weighted by Crippen LogP contribution is -2.40. The van der Waals surface area contributed by atoms with E-state index in [4.69, 9.17) is 0 Å². The summed E-state index contributed by atoms with van der Waals surface area (Å²) in [6, 6.07) is 0.489. The van der Waals surface area contributed by atoms with Crippen LogP contribution in [0.25, 0.3) is 0 Å². The predicted octanol–water partition coefficient (Wildman–Crippen LogP) is 1.88. The van der Waals surface area contributed by atoms with E-state index in [0.29, 0.717) is 17.4 Å². The molecule has 2 saturated carbocycles. The van der Waals surface area contributed by atoms with E-state index in [2.05, 4.69) is 24.5 Å². The Hall–Kier alpha value is -0.730. The van der Waals surface area contributed by atoms with Gasteiger partial charge >= 0.3 is 6.03 Å². The average molecular weight is 196 g/mol. The molecule has 0 radical (unpaired) electrons. The van der Waals surface area contributed by atoms with Gasteiger partial charge in [-0.1, -0.05) is 13.8 Å². The van der Waals surface area contributed by atoms with Crippen LogP contribution < -0.4 is 10.6 Å². The molecule has 0 aromatic heterocycles. The lowest BCUT2D eigenvalue weighted by Gasteiger charge is -2.20. The van der Waals surface area contributed by atoms with Crippen LogP contribution in [0.2, 0.25) is 0 Å². The minimum absolute atomic E-state index is 0.0272. The van der Waals surface area contributed by atoms with Gasteiger partial charge in [0.25, 0.3) is 0 Å². The maximum absolute atomic E-state index is 11.4. The van der Waals surface area contributed by atoms with Gasteiger partial charge in [0.2, 0.25) is 0 Å². The smallest absolute Gasteiger partial charge is 0.315 e. The second-order valence-corrected chi connectivity index (χ2v) is 5.12. The van der Waals surface area contributed by atoms with Gasteiger partial charge in [0.15, 0.2) is 0 Å². The van der Waals surface area contributed by atoms with Crippen molar-refractivity contribution in [3.8, 4) is 0 Å². The van der Waals surface area contributed by atoms with E-state index in [1.165, 1.54) is 12.8 Å². The number of hydrogen-bond acceptors (Lipinski definition) is 1. The number of rotatable bonds is 4. The van der Waals surface area contributed by atoms with Crippen molar-refractivity contribution in [1.82, 2.24) is 10.6 Å². The van der Waals surface area contributed by atoms with Crippen LogP contribution >= 0.6 is 0 Å². The van der Waals surface area contributed by atoms with Gasteiger partial charge in [0.05, 0.1) is 0 Å². The fourth-order valence-electron chi connectivity index (χ4n) is 1.84. The van der Waals surface area contributed by atoms with Gasteiger partial charge in [0, 0.05) is 12.6 Å². The Balaban J connectivity index is 1.68. The minimum Gasteiger partial charge on any atom is -0.338 e. The maximum atomic E-state index is 11.4. The molecule has 2 aliphatic rings. The molecule has 3 heteroatoms. The van der Waals surface area contributed by atoms with E-state index >= 15 is 0 Å². The molecule has 0 saturated heterocycles. The molecule has 2 N–H and O–H groups in total. The Bertz CT molecular complexity index is 229. The molecular formula is C11H20N2O. The summed E-state index contributed by atoms with van der Waals surface area (Å²) in [4.78, 5) is 11.4. The van der Waals surface area contributed by atoms with Crippen LogP contribution in [0.1, 0.15) is 39.5 Å². The molecular weight excluding hydrogens is 176 g/mol. The van der Waals surface area contributed by atoms with Crippen LogP contribution in [0, 0.1) is 11.3 Å². The van der Waals surface area contributed by atoms with Crippen LogP contribution in [0.3, 0.4) is 0 Å². The van der Waals surface area contributed by atoms with Gasteiger partial charge < -0.3 is 10.6 Å². The molecule has 2 rings (SSSR count). The molecule has 0 aromatic carbocycles. The van der Waals surface area contributed by atoms with Gasteiger partial charge in [-0.25, -0.2) is 4.79 Å². The highest BCUT2D eigenvalue weighted by atomic mass is 16.2. The molecule has 0 bridgehead atoms. The number of carbonyl (C=O) groups excluding carboxylic acids is 1. The first-order valence-electron chi connectivity index (χ1n) is 5.67. The van der Waals surface area contributed by atoms with Gasteiger partial charge in [-0.15, -0.1) is 0 Å². The van der Waals surface area contributed by atoms with Crippen molar-refractivity contribution in [2.75, 3.05) is 6.54 Å². The maximum Gasteiger partial charge on any atom is 0.315 e. The van der Waals surface area contributed by atoms with Crippen LogP contribution in [0.4, 0.5) is 4.79 Å². The Morgan fingerprint density at radius 2 is 2.07 bits per heavy atom. The zero-order chi connectivity index (χ0) is 10.2. The van der Waals surface area contributed by atoms with Gasteiger partial charge in [-0.2, -0.15) is 0 Å². The molecule has 0 atom stereocenters. The first-order chi connectivity index (χ1) is 6.62. The summed E-state index contributed by atoms with van der Waals surface area (Å²) < 4.78 is 0. The van der Waals surface area contributed by atoms with Crippen molar-refractivity contribution in [2.24, 2.45) is 11.3 Å². The molecule has 0 unspecified atom stereocenters. The standard InChI is InChI=1S/C11H20N2O/c1-8(2)11(5-6-11)7-12-10(14)13-9-3-4-9/h8-9H,3-7H2,1-2H3,(H2,12,13,14). The Labute approximate surface area is 85.6 Å². The van der Waals surface area contributed by atoms with Gasteiger partial charge in [-0.3, -0.25) is 0 Å². The Kier molecular flexibility index (Phi) is 2.41. The monoisotopic (exact) mass is 196 g/mol. The van der Waals surface area contributed by atoms with E-state index in [1.807, 2.05) is 0 Å². The lowest BCUT2D eigenvalue weighted by molar-refractivity contribution is 0.234. The third kappa shape index (κ3) is 2.20. The fourth-order valence-corrected chi connectivity index (χ4v) is 1.84. The van der Waals surface area contributed by atoms with Crippen LogP contribution in [0.15, 0.2) is 0 Å². The third-order valence-electron chi connectivity index (χ3n) is 3.63. The summed E-state index contributed by atoms with van der Waals surface area (Å²) in [6.45, 7) is 5.34. The van der Waals surface area contributed by atoms with E-state index in [1.54, 1.807) is 0 Å². The highest BCUT2D eigenvalue weighted by Crippen LogP contribution is 2.51. The molecule has 80 valence electrons. The van der Waals surface area contributed by atoms with Crippen molar-refractivity contribution >= 4 is 6.03 Å². The van der Waals surface area contributed by atoms with Crippen molar-refractivity contribution in [2.45, 2.75) is 45.6 Å². The van der Waals surface area contributed by atoms with Crippen LogP contribution in [0.5, 0.6) is 0 Å². The molecule has 0 aromatic rings. The van der Waals surface area contributed by atoms with Crippen LogP contribution in [-0.4, -0.2) is 18.6 Å². The van der Waals surface area contributed by atoms with Crippen molar-refractivity contribution in [3.05, 3.63) is 0 Å².